The Kier molecular flexibility index (Phi) is 17.4. The monoisotopic (exact) mass is 1810 g/mol. The molecule has 29 rings (SSSR count). The van der Waals surface area contributed by atoms with E-state index in [4.69, 9.17) is 8.83 Å². The summed E-state index contributed by atoms with van der Waals surface area (Å²) in [5.41, 5.74) is 51.9. The highest BCUT2D eigenvalue weighted by Gasteiger charge is 2.43. The molecule has 0 saturated heterocycles. The number of anilines is 6. The van der Waals surface area contributed by atoms with Crippen LogP contribution < -0.4 is 9.80 Å². The van der Waals surface area contributed by atoms with Crippen molar-refractivity contribution in [2.75, 3.05) is 9.80 Å². The maximum Gasteiger partial charge on any atom is 0.136 e. The lowest BCUT2D eigenvalue weighted by Crippen LogP contribution is -2.18. The van der Waals surface area contributed by atoms with Crippen LogP contribution in [0.1, 0.15) is 99.9 Å². The number of furan rings is 2. The Bertz CT molecular complexity index is 9560. The molecule has 0 unspecified atom stereocenters. The highest BCUT2D eigenvalue weighted by atomic mass is 16.3. The minimum Gasteiger partial charge on any atom is -0.456 e. The van der Waals surface area contributed by atoms with E-state index in [9.17, 15) is 0 Å². The zero-order valence-corrected chi connectivity index (χ0v) is 80.3. The molecule has 4 heteroatoms. The Morgan fingerprint density at radius 3 is 0.873 bits per heavy atom. The fourth-order valence-corrected chi connectivity index (χ4v) is 25.5. The van der Waals surface area contributed by atoms with Crippen LogP contribution in [0.5, 0.6) is 0 Å². The Balaban J connectivity index is 0.470. The first kappa shape index (κ1) is 81.9. The van der Waals surface area contributed by atoms with Crippen LogP contribution in [-0.2, 0) is 21.7 Å². The normalized spacial score (nSPS) is 14.1. The summed E-state index contributed by atoms with van der Waals surface area (Å²) in [6, 6.07) is 165. The molecule has 5 aliphatic carbocycles. The molecule has 22 aromatic carbocycles. The molecule has 670 valence electrons. The molecule has 142 heavy (non-hydrogen) atoms. The molecule has 0 N–H and O–H groups in total. The second-order valence-corrected chi connectivity index (χ2v) is 42.1. The predicted octanol–water partition coefficient (Wildman–Crippen LogP) is 38.4. The topological polar surface area (TPSA) is 32.8 Å². The van der Waals surface area contributed by atoms with Crippen LogP contribution in [-0.4, -0.2) is 0 Å². The van der Waals surface area contributed by atoms with Gasteiger partial charge in [0.05, 0.1) is 0 Å². The summed E-state index contributed by atoms with van der Waals surface area (Å²) in [4.78, 5) is 5.00. The SMILES string of the molecule is CC1(C)c2cc(-c3ccc(-c4ccc5cc(-c6ccc(N(c7ccc8c(c7)C(C)(C)c7cc(-c9ccccc9)ccc7-8)c7ccc8c(c7)C(C)(C)c7cc(-c9ccc%10c(c9)oc9ccccc9%10)ccc7-8)cc6)c6ccccc6c5c4)cc3)ccc2-c2ccc(N(c3ccc(-c4ccc5c6c(cccc46)-c4ccccc4-5)cc3)c3ccc4c(c3)C(C)(C)c3cc(-c5ccc6c(c5)oc5ccccc56)ccc3-4)cc21. The first-order valence-corrected chi connectivity index (χ1v) is 49.9. The second kappa shape index (κ2) is 30.2. The molecule has 0 amide bonds. The zero-order valence-electron chi connectivity index (χ0n) is 80.3. The van der Waals surface area contributed by atoms with Crippen LogP contribution in [0, 0.1) is 0 Å². The van der Waals surface area contributed by atoms with Crippen molar-refractivity contribution >= 4 is 110 Å². The van der Waals surface area contributed by atoms with E-state index in [0.29, 0.717) is 0 Å². The molecular formula is C138H96N2O2. The van der Waals surface area contributed by atoms with Gasteiger partial charge in [-0.15, -0.1) is 0 Å². The Morgan fingerprint density at radius 1 is 0.148 bits per heavy atom. The van der Waals surface area contributed by atoms with Crippen molar-refractivity contribution in [3.8, 4) is 145 Å². The van der Waals surface area contributed by atoms with Gasteiger partial charge in [-0.05, 0) is 367 Å². The van der Waals surface area contributed by atoms with Crippen LogP contribution in [0.4, 0.5) is 34.1 Å². The van der Waals surface area contributed by atoms with Crippen molar-refractivity contribution < 1.29 is 8.83 Å². The fraction of sp³-hybridized carbons (Fsp3) is 0.0870. The third kappa shape index (κ3) is 12.2. The lowest BCUT2D eigenvalue weighted by Gasteiger charge is -2.30. The molecule has 0 fully saturated rings. The van der Waals surface area contributed by atoms with Crippen molar-refractivity contribution in [2.45, 2.75) is 77.0 Å². The second-order valence-electron chi connectivity index (χ2n) is 42.1. The van der Waals surface area contributed by atoms with Gasteiger partial charge in [-0.25, -0.2) is 0 Å². The van der Waals surface area contributed by atoms with E-state index in [0.717, 1.165) is 89.1 Å². The first-order valence-electron chi connectivity index (χ1n) is 49.9. The van der Waals surface area contributed by atoms with Gasteiger partial charge in [0.15, 0.2) is 0 Å². The van der Waals surface area contributed by atoms with Crippen molar-refractivity contribution in [3.05, 3.63) is 481 Å². The van der Waals surface area contributed by atoms with Crippen molar-refractivity contribution in [2.24, 2.45) is 0 Å². The lowest BCUT2D eigenvalue weighted by molar-refractivity contribution is 0.660. The summed E-state index contributed by atoms with van der Waals surface area (Å²) in [6.07, 6.45) is 0. The first-order chi connectivity index (χ1) is 69.3. The molecule has 2 heterocycles. The molecule has 2 aromatic heterocycles. The van der Waals surface area contributed by atoms with E-state index in [1.165, 1.54) is 210 Å². The van der Waals surface area contributed by atoms with Crippen LogP contribution in [0.2, 0.25) is 0 Å². The van der Waals surface area contributed by atoms with Crippen molar-refractivity contribution in [1.29, 1.82) is 0 Å². The van der Waals surface area contributed by atoms with Gasteiger partial charge < -0.3 is 18.6 Å². The molecule has 0 aliphatic heterocycles. The van der Waals surface area contributed by atoms with E-state index < -0.39 is 0 Å². The number of para-hydroxylation sites is 2. The predicted molar refractivity (Wildman–Crippen MR) is 596 cm³/mol. The van der Waals surface area contributed by atoms with Crippen molar-refractivity contribution in [1.82, 2.24) is 0 Å². The van der Waals surface area contributed by atoms with Gasteiger partial charge in [0.25, 0.3) is 0 Å². The lowest BCUT2D eigenvalue weighted by atomic mass is 9.81. The van der Waals surface area contributed by atoms with Crippen LogP contribution in [0.25, 0.3) is 221 Å². The van der Waals surface area contributed by atoms with Crippen molar-refractivity contribution in [3.63, 3.8) is 0 Å². The molecule has 5 aliphatic rings. The Labute approximate surface area is 826 Å². The molecule has 0 saturated carbocycles. The third-order valence-corrected chi connectivity index (χ3v) is 33.0. The van der Waals surface area contributed by atoms with Crippen LogP contribution >= 0.6 is 0 Å². The smallest absolute Gasteiger partial charge is 0.136 e. The summed E-state index contributed by atoms with van der Waals surface area (Å²) in [5.74, 6) is 0. The summed E-state index contributed by atoms with van der Waals surface area (Å²) < 4.78 is 12.9. The third-order valence-electron chi connectivity index (χ3n) is 33.0. The van der Waals surface area contributed by atoms with Gasteiger partial charge in [0.2, 0.25) is 0 Å². The number of nitrogens with zero attached hydrogens (tertiary/aromatic N) is 2. The molecule has 0 atom stereocenters. The van der Waals surface area contributed by atoms with E-state index >= 15 is 0 Å². The summed E-state index contributed by atoms with van der Waals surface area (Å²) in [5, 5.41) is 12.1. The van der Waals surface area contributed by atoms with Crippen LogP contribution in [0.15, 0.2) is 446 Å². The average Bonchev–Trinajstić information content (AvgIpc) is 1.60. The van der Waals surface area contributed by atoms with Gasteiger partial charge in [-0.3, -0.25) is 0 Å². The molecular weight excluding hydrogens is 1720 g/mol. The molecule has 24 aromatic rings. The maximum atomic E-state index is 6.44. The largest absolute Gasteiger partial charge is 0.456 e. The summed E-state index contributed by atoms with van der Waals surface area (Å²) >= 11 is 0. The maximum absolute atomic E-state index is 6.44. The number of fused-ring (bicyclic) bond motifs is 24. The Hall–Kier alpha value is -17.2. The molecule has 0 radical (unpaired) electrons. The molecule has 0 bridgehead atoms. The van der Waals surface area contributed by atoms with E-state index in [1.807, 2.05) is 12.1 Å². The molecule has 4 nitrogen and oxygen atoms in total. The van der Waals surface area contributed by atoms with Crippen LogP contribution in [0.3, 0.4) is 0 Å². The number of hydrogen-bond donors (Lipinski definition) is 0. The number of benzene rings is 22. The highest BCUT2D eigenvalue weighted by Crippen LogP contribution is 2.60. The van der Waals surface area contributed by atoms with Gasteiger partial charge in [0.1, 0.15) is 22.3 Å². The average molecular weight is 1810 g/mol. The summed E-state index contributed by atoms with van der Waals surface area (Å²) in [6.45, 7) is 19.3. The van der Waals surface area contributed by atoms with Gasteiger partial charge in [-0.2, -0.15) is 0 Å². The zero-order chi connectivity index (χ0) is 94.7. The number of hydrogen-bond acceptors (Lipinski definition) is 4. The molecule has 0 spiro atoms. The highest BCUT2D eigenvalue weighted by molar-refractivity contribution is 6.20. The van der Waals surface area contributed by atoms with Gasteiger partial charge in [-0.1, -0.05) is 347 Å². The minimum atomic E-state index is -0.322. The Morgan fingerprint density at radius 2 is 0.430 bits per heavy atom. The minimum absolute atomic E-state index is 0.257. The number of rotatable bonds is 13. The summed E-state index contributed by atoms with van der Waals surface area (Å²) in [7, 11) is 0. The van der Waals surface area contributed by atoms with E-state index in [1.54, 1.807) is 0 Å². The quantitative estimate of drug-likeness (QED) is 0.108. The standard InChI is InChI=1S/C138H96N2O2/c1-135(2)122-71-87(81-21-10-9-11-22-81)43-57-105(122)109-63-54-98(78-126(109)135)140(99-56-66-112-108-60-46-90(74-125(108)138(7,8)129(112)80-99)92-48-62-116-114-28-17-19-32-131(114)142-133(116)76-92)95-51-41-85(42-52-95)120-70-93-38-37-86(69-121(93)104-26-15-14-25-103(104)120)82-33-35-83(36-34-82)88-44-58-106-110-64-53-96(77-127(110)136(3,4)123(106)72-88)139(94-49-39-84(40-50-94)100-67-68-119-102-24-13-12-23-101(102)118-30-20-29-117(100)134(118)119)97-55-65-111-107-59-45-89(73-124(107)137(5,6)128(111)79-97)91-47-61-115-113-27-16-18-31-130(113)141-132(115)75-91/h9-80H,1-8H3. The van der Waals surface area contributed by atoms with Gasteiger partial charge in [0, 0.05) is 77.3 Å². The van der Waals surface area contributed by atoms with Gasteiger partial charge >= 0.3 is 0 Å². The fourth-order valence-electron chi connectivity index (χ4n) is 25.5. The van der Waals surface area contributed by atoms with E-state index in [-0.39, 0.29) is 21.7 Å². The van der Waals surface area contributed by atoms with E-state index in [2.05, 4.69) is 490 Å².